The van der Waals surface area contributed by atoms with E-state index in [0.717, 1.165) is 24.2 Å². The Balaban J connectivity index is 1.50. The summed E-state index contributed by atoms with van der Waals surface area (Å²) < 4.78 is 5.61. The fourth-order valence-corrected chi connectivity index (χ4v) is 3.25. The number of anilines is 2. The van der Waals surface area contributed by atoms with Crippen LogP contribution in [0.1, 0.15) is 35.7 Å². The third kappa shape index (κ3) is 8.05. The van der Waals surface area contributed by atoms with Gasteiger partial charge in [0.05, 0.1) is 13.0 Å². The van der Waals surface area contributed by atoms with E-state index < -0.39 is 0 Å². The van der Waals surface area contributed by atoms with Gasteiger partial charge >= 0.3 is 0 Å². The Kier molecular flexibility index (Phi) is 8.97. The summed E-state index contributed by atoms with van der Waals surface area (Å²) in [5.74, 6) is 0.295. The molecular formula is C26H27N3O3S. The van der Waals surface area contributed by atoms with Crippen molar-refractivity contribution in [3.63, 3.8) is 0 Å². The number of rotatable bonds is 9. The van der Waals surface area contributed by atoms with E-state index in [1.54, 1.807) is 48.5 Å². The lowest BCUT2D eigenvalue weighted by Gasteiger charge is -2.12. The Morgan fingerprint density at radius 2 is 1.58 bits per heavy atom. The molecule has 0 unspecified atom stereocenters. The minimum absolute atomic E-state index is 0.114. The number of hydrogen-bond donors (Lipinski definition) is 3. The van der Waals surface area contributed by atoms with Gasteiger partial charge in [-0.05, 0) is 66.7 Å². The Morgan fingerprint density at radius 1 is 0.879 bits per heavy atom. The van der Waals surface area contributed by atoms with Crippen molar-refractivity contribution in [1.29, 1.82) is 0 Å². The van der Waals surface area contributed by atoms with Crippen molar-refractivity contribution in [2.24, 2.45) is 0 Å². The van der Waals surface area contributed by atoms with Gasteiger partial charge in [0, 0.05) is 16.9 Å². The Bertz CT molecular complexity index is 1090. The van der Waals surface area contributed by atoms with Gasteiger partial charge in [-0.3, -0.25) is 14.9 Å². The van der Waals surface area contributed by atoms with E-state index in [1.807, 2.05) is 30.3 Å². The van der Waals surface area contributed by atoms with Gasteiger partial charge in [0.1, 0.15) is 5.75 Å². The molecule has 170 valence electrons. The molecule has 0 atom stereocenters. The van der Waals surface area contributed by atoms with Crippen molar-refractivity contribution in [3.8, 4) is 5.75 Å². The number of ether oxygens (including phenoxy) is 1. The first-order valence-corrected chi connectivity index (χ1v) is 11.2. The maximum Gasteiger partial charge on any atom is 0.257 e. The molecule has 3 aromatic carbocycles. The molecule has 0 radical (unpaired) electrons. The summed E-state index contributed by atoms with van der Waals surface area (Å²) in [5, 5.41) is 8.67. The number of nitrogens with one attached hydrogen (secondary N) is 3. The van der Waals surface area contributed by atoms with E-state index in [1.165, 1.54) is 0 Å². The molecule has 0 bridgehead atoms. The van der Waals surface area contributed by atoms with Crippen LogP contribution in [0.2, 0.25) is 0 Å². The van der Waals surface area contributed by atoms with Crippen LogP contribution >= 0.6 is 12.2 Å². The molecule has 0 aromatic heterocycles. The van der Waals surface area contributed by atoms with E-state index in [0.29, 0.717) is 23.5 Å². The summed E-state index contributed by atoms with van der Waals surface area (Å²) in [6.07, 6.45) is 2.34. The van der Waals surface area contributed by atoms with Gasteiger partial charge in [0.2, 0.25) is 5.91 Å². The molecule has 7 heteroatoms. The predicted octanol–water partition coefficient (Wildman–Crippen LogP) is 5.17. The first kappa shape index (κ1) is 23.9. The number of unbranched alkanes of at least 4 members (excludes halogenated alkanes) is 1. The molecule has 2 amide bonds. The standard InChI is InChI=1S/C26H27N3O3S/c1-2-3-16-32-23-14-12-20(13-15-23)25(31)29-26(33)28-22-11-7-10-21(18-22)27-24(30)17-19-8-5-4-6-9-19/h4-15,18H,2-3,16-17H2,1H3,(H,27,30)(H2,28,29,31,33). The highest BCUT2D eigenvalue weighted by molar-refractivity contribution is 7.80. The Hall–Kier alpha value is -3.71. The molecule has 0 saturated heterocycles. The topological polar surface area (TPSA) is 79.5 Å². The molecular weight excluding hydrogens is 434 g/mol. The van der Waals surface area contributed by atoms with E-state index >= 15 is 0 Å². The van der Waals surface area contributed by atoms with E-state index in [9.17, 15) is 9.59 Å². The molecule has 0 saturated carbocycles. The first-order chi connectivity index (χ1) is 16.0. The van der Waals surface area contributed by atoms with Crippen molar-refractivity contribution < 1.29 is 14.3 Å². The zero-order valence-electron chi connectivity index (χ0n) is 18.5. The van der Waals surface area contributed by atoms with Crippen LogP contribution in [-0.4, -0.2) is 23.5 Å². The van der Waals surface area contributed by atoms with Crippen molar-refractivity contribution >= 4 is 40.5 Å². The second kappa shape index (κ2) is 12.4. The van der Waals surface area contributed by atoms with Gasteiger partial charge in [0.15, 0.2) is 5.11 Å². The highest BCUT2D eigenvalue weighted by Gasteiger charge is 2.09. The molecule has 3 aromatic rings. The summed E-state index contributed by atoms with van der Waals surface area (Å²) in [5.41, 5.74) is 2.70. The monoisotopic (exact) mass is 461 g/mol. The van der Waals surface area contributed by atoms with Crippen LogP contribution in [0.4, 0.5) is 11.4 Å². The molecule has 0 aliphatic heterocycles. The largest absolute Gasteiger partial charge is 0.494 e. The molecule has 0 aliphatic carbocycles. The van der Waals surface area contributed by atoms with Crippen molar-refractivity contribution in [1.82, 2.24) is 5.32 Å². The smallest absolute Gasteiger partial charge is 0.257 e. The number of amides is 2. The number of carbonyl (C=O) groups excluding carboxylic acids is 2. The quantitative estimate of drug-likeness (QED) is 0.303. The lowest BCUT2D eigenvalue weighted by Crippen LogP contribution is -2.34. The molecule has 3 rings (SSSR count). The average Bonchev–Trinajstić information content (AvgIpc) is 2.80. The van der Waals surface area contributed by atoms with E-state index in [-0.39, 0.29) is 23.3 Å². The average molecular weight is 462 g/mol. The zero-order valence-corrected chi connectivity index (χ0v) is 19.3. The fourth-order valence-electron chi connectivity index (χ4n) is 3.04. The summed E-state index contributed by atoms with van der Waals surface area (Å²) >= 11 is 5.27. The highest BCUT2D eigenvalue weighted by Crippen LogP contribution is 2.16. The third-order valence-electron chi connectivity index (χ3n) is 4.72. The number of hydrogen-bond acceptors (Lipinski definition) is 4. The molecule has 0 heterocycles. The van der Waals surface area contributed by atoms with Crippen molar-refractivity contribution in [2.45, 2.75) is 26.2 Å². The second-order valence-electron chi connectivity index (χ2n) is 7.43. The lowest BCUT2D eigenvalue weighted by molar-refractivity contribution is -0.115. The van der Waals surface area contributed by atoms with Gasteiger partial charge in [-0.1, -0.05) is 49.7 Å². The molecule has 0 fully saturated rings. The van der Waals surface area contributed by atoms with Gasteiger partial charge in [-0.15, -0.1) is 0 Å². The molecule has 3 N–H and O–H groups in total. The second-order valence-corrected chi connectivity index (χ2v) is 7.83. The predicted molar refractivity (Wildman–Crippen MR) is 136 cm³/mol. The summed E-state index contributed by atoms with van der Waals surface area (Å²) in [6.45, 7) is 2.76. The van der Waals surface area contributed by atoms with Crippen LogP contribution in [-0.2, 0) is 11.2 Å². The normalized spacial score (nSPS) is 10.2. The van der Waals surface area contributed by atoms with Crippen LogP contribution in [0, 0.1) is 0 Å². The first-order valence-electron chi connectivity index (χ1n) is 10.8. The van der Waals surface area contributed by atoms with Gasteiger partial charge in [-0.25, -0.2) is 0 Å². The summed E-state index contributed by atoms with van der Waals surface area (Å²) in [4.78, 5) is 24.8. The summed E-state index contributed by atoms with van der Waals surface area (Å²) in [7, 11) is 0. The van der Waals surface area contributed by atoms with E-state index in [2.05, 4.69) is 22.9 Å². The van der Waals surface area contributed by atoms with Crippen LogP contribution in [0.25, 0.3) is 0 Å². The van der Waals surface area contributed by atoms with Crippen LogP contribution in [0.5, 0.6) is 5.75 Å². The zero-order chi connectivity index (χ0) is 23.5. The van der Waals surface area contributed by atoms with Crippen LogP contribution in [0.3, 0.4) is 0 Å². The number of benzene rings is 3. The molecule has 33 heavy (non-hydrogen) atoms. The maximum absolute atomic E-state index is 12.5. The van der Waals surface area contributed by atoms with Gasteiger partial charge in [0.25, 0.3) is 5.91 Å². The molecule has 6 nitrogen and oxygen atoms in total. The molecule has 0 spiro atoms. The lowest BCUT2D eigenvalue weighted by atomic mass is 10.1. The Morgan fingerprint density at radius 3 is 2.27 bits per heavy atom. The third-order valence-corrected chi connectivity index (χ3v) is 4.93. The van der Waals surface area contributed by atoms with Crippen molar-refractivity contribution in [2.75, 3.05) is 17.2 Å². The van der Waals surface area contributed by atoms with Gasteiger partial charge in [-0.2, -0.15) is 0 Å². The Labute approximate surface area is 199 Å². The van der Waals surface area contributed by atoms with Crippen LogP contribution in [0.15, 0.2) is 78.9 Å². The fraction of sp³-hybridized carbons (Fsp3) is 0.192. The minimum Gasteiger partial charge on any atom is -0.494 e. The highest BCUT2D eigenvalue weighted by atomic mass is 32.1. The SMILES string of the molecule is CCCCOc1ccc(C(=O)NC(=S)Nc2cccc(NC(=O)Cc3ccccc3)c2)cc1. The maximum atomic E-state index is 12.5. The minimum atomic E-state index is -0.320. The number of thiocarbonyl (C=S) groups is 1. The summed E-state index contributed by atoms with van der Waals surface area (Å²) in [6, 6.07) is 23.6. The van der Waals surface area contributed by atoms with Crippen LogP contribution < -0.4 is 20.7 Å². The van der Waals surface area contributed by atoms with Gasteiger partial charge < -0.3 is 15.4 Å². The number of carbonyl (C=O) groups is 2. The van der Waals surface area contributed by atoms with Crippen molar-refractivity contribution in [3.05, 3.63) is 90.0 Å². The van der Waals surface area contributed by atoms with E-state index in [4.69, 9.17) is 17.0 Å². The molecule has 0 aliphatic rings.